The highest BCUT2D eigenvalue weighted by Crippen LogP contribution is 2.39. The van der Waals surface area contributed by atoms with Gasteiger partial charge in [-0.1, -0.05) is 24.6 Å². The van der Waals surface area contributed by atoms with Crippen LogP contribution in [-0.4, -0.2) is 41.8 Å². The Morgan fingerprint density at radius 1 is 1.13 bits per heavy atom. The third-order valence-electron chi connectivity index (χ3n) is 5.86. The zero-order valence-corrected chi connectivity index (χ0v) is 18.0. The van der Waals surface area contributed by atoms with Gasteiger partial charge in [-0.2, -0.15) is 0 Å². The van der Waals surface area contributed by atoms with Crippen molar-refractivity contribution < 1.29 is 18.6 Å². The third kappa shape index (κ3) is 3.59. The summed E-state index contributed by atoms with van der Waals surface area (Å²) in [6, 6.07) is 10.4. The Morgan fingerprint density at radius 3 is 2.77 bits per heavy atom. The molecule has 2 aliphatic rings. The standard InChI is InChI=1S/C22H22ClFN4O3/c1-13-9-27(10-17(13)16-5-3-14(24)7-18(16)23)22-26-25-21(11-29-2)28(22)15-4-6-19-20(8-15)31-12-30-19/h3-8,13,17H,9-12H2,1-2H3/t13-,17-/m0/s1. The number of benzene rings is 2. The molecule has 31 heavy (non-hydrogen) atoms. The molecule has 1 fully saturated rings. The molecule has 5 rings (SSSR count). The van der Waals surface area contributed by atoms with Crippen molar-refractivity contribution in [3.8, 4) is 17.2 Å². The van der Waals surface area contributed by atoms with E-state index < -0.39 is 0 Å². The third-order valence-corrected chi connectivity index (χ3v) is 6.19. The van der Waals surface area contributed by atoms with Crippen LogP contribution in [0.1, 0.15) is 24.2 Å². The van der Waals surface area contributed by atoms with Gasteiger partial charge in [0.1, 0.15) is 12.4 Å². The van der Waals surface area contributed by atoms with Gasteiger partial charge in [0.2, 0.25) is 12.7 Å². The minimum Gasteiger partial charge on any atom is -0.454 e. The van der Waals surface area contributed by atoms with Crippen LogP contribution in [-0.2, 0) is 11.3 Å². The van der Waals surface area contributed by atoms with Gasteiger partial charge in [0.15, 0.2) is 17.3 Å². The van der Waals surface area contributed by atoms with E-state index in [2.05, 4.69) is 22.0 Å². The molecule has 0 bridgehead atoms. The van der Waals surface area contributed by atoms with Crippen LogP contribution in [0.15, 0.2) is 36.4 Å². The number of aromatic nitrogens is 3. The van der Waals surface area contributed by atoms with Crippen molar-refractivity contribution in [2.24, 2.45) is 5.92 Å². The van der Waals surface area contributed by atoms with Crippen LogP contribution >= 0.6 is 11.6 Å². The van der Waals surface area contributed by atoms with Gasteiger partial charge in [-0.3, -0.25) is 4.57 Å². The van der Waals surface area contributed by atoms with Crippen LogP contribution < -0.4 is 14.4 Å². The molecular weight excluding hydrogens is 423 g/mol. The minimum absolute atomic E-state index is 0.154. The molecule has 1 saturated heterocycles. The topological polar surface area (TPSA) is 61.6 Å². The van der Waals surface area contributed by atoms with Crippen LogP contribution in [0.3, 0.4) is 0 Å². The lowest BCUT2D eigenvalue weighted by molar-refractivity contribution is 0.173. The summed E-state index contributed by atoms with van der Waals surface area (Å²) in [5.41, 5.74) is 1.82. The SMILES string of the molecule is COCc1nnc(N2C[C@H](c3ccc(F)cc3Cl)[C@@H](C)C2)n1-c1ccc2c(c1)OCO2. The number of hydrogen-bond donors (Lipinski definition) is 0. The fraction of sp³-hybridized carbons (Fsp3) is 0.364. The highest BCUT2D eigenvalue weighted by atomic mass is 35.5. The maximum Gasteiger partial charge on any atom is 0.232 e. The van der Waals surface area contributed by atoms with E-state index in [1.54, 1.807) is 13.2 Å². The van der Waals surface area contributed by atoms with Crippen molar-refractivity contribution in [3.05, 3.63) is 58.6 Å². The van der Waals surface area contributed by atoms with Gasteiger partial charge in [0, 0.05) is 37.2 Å². The van der Waals surface area contributed by atoms with E-state index in [-0.39, 0.29) is 18.5 Å². The summed E-state index contributed by atoms with van der Waals surface area (Å²) in [6.45, 7) is 4.17. The van der Waals surface area contributed by atoms with Crippen LogP contribution in [0, 0.1) is 11.7 Å². The van der Waals surface area contributed by atoms with Gasteiger partial charge in [0.25, 0.3) is 0 Å². The van der Waals surface area contributed by atoms with Crippen LogP contribution in [0.4, 0.5) is 10.3 Å². The number of methoxy groups -OCH3 is 1. The molecular formula is C22H22ClFN4O3. The molecule has 0 unspecified atom stereocenters. The Bertz CT molecular complexity index is 1120. The molecule has 9 heteroatoms. The predicted molar refractivity (Wildman–Crippen MR) is 114 cm³/mol. The van der Waals surface area contributed by atoms with Crippen molar-refractivity contribution >= 4 is 17.5 Å². The van der Waals surface area contributed by atoms with E-state index in [1.807, 2.05) is 22.8 Å². The number of nitrogens with zero attached hydrogens (tertiary/aromatic N) is 4. The van der Waals surface area contributed by atoms with E-state index in [0.29, 0.717) is 41.4 Å². The first-order chi connectivity index (χ1) is 15.0. The van der Waals surface area contributed by atoms with E-state index in [4.69, 9.17) is 25.8 Å². The molecule has 2 aromatic carbocycles. The van der Waals surface area contributed by atoms with Gasteiger partial charge in [-0.05, 0) is 35.7 Å². The molecule has 162 valence electrons. The second kappa shape index (κ2) is 8.01. The fourth-order valence-corrected chi connectivity index (χ4v) is 4.67. The molecule has 2 aliphatic heterocycles. The quantitative estimate of drug-likeness (QED) is 0.588. The lowest BCUT2D eigenvalue weighted by atomic mass is 9.90. The normalized spacial score (nSPS) is 19.9. The van der Waals surface area contributed by atoms with Gasteiger partial charge in [-0.25, -0.2) is 4.39 Å². The van der Waals surface area contributed by atoms with Crippen molar-refractivity contribution in [3.63, 3.8) is 0 Å². The Kier molecular flexibility index (Phi) is 5.19. The van der Waals surface area contributed by atoms with E-state index in [1.165, 1.54) is 12.1 Å². The molecule has 0 saturated carbocycles. The zero-order valence-electron chi connectivity index (χ0n) is 17.2. The van der Waals surface area contributed by atoms with E-state index >= 15 is 0 Å². The van der Waals surface area contributed by atoms with Gasteiger partial charge >= 0.3 is 0 Å². The molecule has 7 nitrogen and oxygen atoms in total. The summed E-state index contributed by atoms with van der Waals surface area (Å²) in [4.78, 5) is 2.19. The van der Waals surface area contributed by atoms with E-state index in [0.717, 1.165) is 23.7 Å². The second-order valence-electron chi connectivity index (χ2n) is 7.88. The minimum atomic E-state index is -0.331. The number of ether oxygens (including phenoxy) is 3. The summed E-state index contributed by atoms with van der Waals surface area (Å²) in [6.07, 6.45) is 0. The van der Waals surface area contributed by atoms with Gasteiger partial charge < -0.3 is 19.1 Å². The Balaban J connectivity index is 1.51. The summed E-state index contributed by atoms with van der Waals surface area (Å²) >= 11 is 6.36. The molecule has 3 heterocycles. The fourth-order valence-electron chi connectivity index (χ4n) is 4.36. The molecule has 0 amide bonds. The van der Waals surface area contributed by atoms with Crippen molar-refractivity contribution in [2.45, 2.75) is 19.4 Å². The lowest BCUT2D eigenvalue weighted by Gasteiger charge is -2.20. The monoisotopic (exact) mass is 444 g/mol. The highest BCUT2D eigenvalue weighted by molar-refractivity contribution is 6.31. The number of halogens is 2. The maximum atomic E-state index is 13.5. The second-order valence-corrected chi connectivity index (χ2v) is 8.28. The first-order valence-corrected chi connectivity index (χ1v) is 10.5. The molecule has 0 N–H and O–H groups in total. The molecule has 0 radical (unpaired) electrons. The largest absolute Gasteiger partial charge is 0.454 e. The number of rotatable bonds is 5. The van der Waals surface area contributed by atoms with E-state index in [9.17, 15) is 4.39 Å². The molecule has 0 aliphatic carbocycles. The average molecular weight is 445 g/mol. The maximum absolute atomic E-state index is 13.5. The van der Waals surface area contributed by atoms with Crippen LogP contribution in [0.25, 0.3) is 5.69 Å². The Hall–Kier alpha value is -2.84. The summed E-state index contributed by atoms with van der Waals surface area (Å²) in [5.74, 6) is 2.93. The average Bonchev–Trinajstić information content (AvgIpc) is 3.46. The predicted octanol–water partition coefficient (Wildman–Crippen LogP) is 4.17. The highest BCUT2D eigenvalue weighted by Gasteiger charge is 2.35. The van der Waals surface area contributed by atoms with Gasteiger partial charge in [-0.15, -0.1) is 10.2 Å². The summed E-state index contributed by atoms with van der Waals surface area (Å²) in [7, 11) is 1.63. The molecule has 1 aromatic heterocycles. The smallest absolute Gasteiger partial charge is 0.232 e. The lowest BCUT2D eigenvalue weighted by Crippen LogP contribution is -2.24. The van der Waals surface area contributed by atoms with Crippen molar-refractivity contribution in [1.82, 2.24) is 14.8 Å². The van der Waals surface area contributed by atoms with Crippen molar-refractivity contribution in [2.75, 3.05) is 31.9 Å². The Morgan fingerprint density at radius 2 is 1.97 bits per heavy atom. The van der Waals surface area contributed by atoms with Crippen LogP contribution in [0.2, 0.25) is 5.02 Å². The van der Waals surface area contributed by atoms with Crippen molar-refractivity contribution in [1.29, 1.82) is 0 Å². The summed E-state index contributed by atoms with van der Waals surface area (Å²) in [5, 5.41) is 9.31. The zero-order chi connectivity index (χ0) is 21.5. The molecule has 2 atom stereocenters. The number of fused-ring (bicyclic) bond motifs is 1. The molecule has 0 spiro atoms. The van der Waals surface area contributed by atoms with Gasteiger partial charge in [0.05, 0.1) is 5.69 Å². The van der Waals surface area contributed by atoms with Crippen LogP contribution in [0.5, 0.6) is 11.5 Å². The first-order valence-electron chi connectivity index (χ1n) is 10.1. The molecule has 3 aromatic rings. The Labute approximate surface area is 184 Å². The summed E-state index contributed by atoms with van der Waals surface area (Å²) < 4.78 is 31.9. The number of anilines is 1. The number of hydrogen-bond acceptors (Lipinski definition) is 6. The first kappa shape index (κ1) is 20.1.